The third-order valence-corrected chi connectivity index (χ3v) is 6.69. The highest BCUT2D eigenvalue weighted by atomic mass is 19.3. The topological polar surface area (TPSA) is 91.9 Å². The van der Waals surface area contributed by atoms with Crippen LogP contribution in [0.1, 0.15) is 35.0 Å². The first-order chi connectivity index (χ1) is 18.7. The number of halogens is 2. The molecule has 0 radical (unpaired) electrons. The highest BCUT2D eigenvalue weighted by molar-refractivity contribution is 5.96. The smallest absolute Gasteiger partial charge is 0.300 e. The number of fused-ring (bicyclic) bond motifs is 1. The molecule has 4 aromatic rings. The predicted octanol–water partition coefficient (Wildman–Crippen LogP) is 5.08. The van der Waals surface area contributed by atoms with Gasteiger partial charge in [0.2, 0.25) is 11.6 Å². The quantitative estimate of drug-likeness (QED) is 0.336. The summed E-state index contributed by atoms with van der Waals surface area (Å²) in [5.41, 5.74) is 4.64. The number of pyridine rings is 1. The van der Waals surface area contributed by atoms with E-state index in [4.69, 9.17) is 9.15 Å². The number of alkyl halides is 2. The minimum atomic E-state index is -2.84. The van der Waals surface area contributed by atoms with Crippen molar-refractivity contribution in [3.8, 4) is 16.9 Å². The average Bonchev–Trinajstić information content (AvgIpc) is 3.35. The summed E-state index contributed by atoms with van der Waals surface area (Å²) in [6.07, 6.45) is -0.420. The van der Waals surface area contributed by atoms with Gasteiger partial charge in [0.15, 0.2) is 5.58 Å². The van der Waals surface area contributed by atoms with Crippen LogP contribution in [0.5, 0.6) is 5.75 Å². The van der Waals surface area contributed by atoms with E-state index < -0.39 is 12.3 Å². The summed E-state index contributed by atoms with van der Waals surface area (Å²) < 4.78 is 38.3. The maximum atomic E-state index is 13.4. The van der Waals surface area contributed by atoms with Crippen molar-refractivity contribution in [1.29, 1.82) is 0 Å². The summed E-state index contributed by atoms with van der Waals surface area (Å²) in [5, 5.41) is 9.38. The number of rotatable bonds is 8. The molecule has 204 valence electrons. The van der Waals surface area contributed by atoms with Crippen LogP contribution < -0.4 is 9.64 Å². The molecule has 1 fully saturated rings. The van der Waals surface area contributed by atoms with Crippen molar-refractivity contribution < 1.29 is 27.8 Å². The molecule has 2 aromatic carbocycles. The van der Waals surface area contributed by atoms with E-state index in [-0.39, 0.29) is 19.1 Å². The lowest BCUT2D eigenvalue weighted by Gasteiger charge is -2.34. The Hall–Kier alpha value is -4.05. The number of carbonyl (C=O) groups excluding carboxylic acids is 1. The van der Waals surface area contributed by atoms with E-state index in [0.29, 0.717) is 60.3 Å². The average molecular weight is 537 g/mol. The van der Waals surface area contributed by atoms with E-state index in [1.807, 2.05) is 36.1 Å². The number of carbonyl (C=O) groups is 1. The van der Waals surface area contributed by atoms with Gasteiger partial charge in [0, 0.05) is 49.4 Å². The number of amides is 1. The number of aromatic nitrogens is 2. The molecule has 1 aliphatic rings. The van der Waals surface area contributed by atoms with Gasteiger partial charge in [0.05, 0.1) is 13.2 Å². The number of hydrogen-bond donors (Lipinski definition) is 1. The van der Waals surface area contributed by atoms with E-state index in [1.165, 1.54) is 0 Å². The number of aliphatic hydroxyl groups excluding tert-OH is 1. The van der Waals surface area contributed by atoms with E-state index in [0.717, 1.165) is 23.7 Å². The molecule has 1 aliphatic heterocycles. The zero-order valence-electron chi connectivity index (χ0n) is 21.9. The highest BCUT2D eigenvalue weighted by Gasteiger charge is 2.26. The van der Waals surface area contributed by atoms with Gasteiger partial charge in [-0.15, -0.1) is 0 Å². The second kappa shape index (κ2) is 11.0. The molecule has 0 atom stereocenters. The number of benzene rings is 2. The number of nitrogens with zero attached hydrogens (tertiary/aromatic N) is 4. The number of aliphatic hydroxyl groups is 1. The summed E-state index contributed by atoms with van der Waals surface area (Å²) in [6.45, 7) is 4.57. The van der Waals surface area contributed by atoms with Crippen LogP contribution in [0.4, 0.5) is 14.8 Å². The molecular weight excluding hydrogens is 506 g/mol. The number of aryl methyl sites for hydroxylation is 1. The summed E-state index contributed by atoms with van der Waals surface area (Å²) in [5.74, 6) is -2.56. The third-order valence-electron chi connectivity index (χ3n) is 6.69. The van der Waals surface area contributed by atoms with E-state index in [9.17, 15) is 18.7 Å². The molecule has 0 saturated carbocycles. The van der Waals surface area contributed by atoms with Crippen LogP contribution in [0, 0.1) is 6.92 Å². The molecule has 0 bridgehead atoms. The van der Waals surface area contributed by atoms with Crippen molar-refractivity contribution in [1.82, 2.24) is 14.9 Å². The predicted molar refractivity (Wildman–Crippen MR) is 143 cm³/mol. The SMILES string of the molecule is Cc1ccc2oc(N3CCN(C(=O)c4ccc(OCCC(C)(F)F)c(-c5ccc(CO)cc5)c4)CC3)nc2n1. The summed E-state index contributed by atoms with van der Waals surface area (Å²) >= 11 is 0. The Morgan fingerprint density at radius 3 is 2.49 bits per heavy atom. The molecular formula is C29H30F2N4O4. The fourth-order valence-electron chi connectivity index (χ4n) is 4.46. The Labute approximate surface area is 224 Å². The van der Waals surface area contributed by atoms with Crippen LogP contribution >= 0.6 is 0 Å². The van der Waals surface area contributed by atoms with E-state index >= 15 is 0 Å². The minimum absolute atomic E-state index is 0.0978. The van der Waals surface area contributed by atoms with Crippen molar-refractivity contribution in [3.63, 3.8) is 0 Å². The lowest BCUT2D eigenvalue weighted by Crippen LogP contribution is -2.48. The third kappa shape index (κ3) is 6.17. The molecule has 39 heavy (non-hydrogen) atoms. The molecule has 5 rings (SSSR count). The fourth-order valence-corrected chi connectivity index (χ4v) is 4.46. The largest absolute Gasteiger partial charge is 0.493 e. The van der Waals surface area contributed by atoms with Gasteiger partial charge in [0.25, 0.3) is 11.9 Å². The summed E-state index contributed by atoms with van der Waals surface area (Å²) in [6, 6.07) is 16.4. The molecule has 8 nitrogen and oxygen atoms in total. The van der Waals surface area contributed by atoms with Crippen molar-refractivity contribution >= 4 is 23.2 Å². The monoisotopic (exact) mass is 536 g/mol. The Morgan fingerprint density at radius 2 is 1.79 bits per heavy atom. The van der Waals surface area contributed by atoms with E-state index in [2.05, 4.69) is 9.97 Å². The van der Waals surface area contributed by atoms with Gasteiger partial charge < -0.3 is 24.1 Å². The first kappa shape index (κ1) is 26.6. The summed E-state index contributed by atoms with van der Waals surface area (Å²) in [4.78, 5) is 26.1. The van der Waals surface area contributed by atoms with E-state index in [1.54, 1.807) is 35.2 Å². The zero-order chi connectivity index (χ0) is 27.6. The molecule has 2 aromatic heterocycles. The Morgan fingerprint density at radius 1 is 1.05 bits per heavy atom. The fraction of sp³-hybridized carbons (Fsp3) is 0.345. The van der Waals surface area contributed by atoms with Crippen LogP contribution in [0.15, 0.2) is 59.0 Å². The molecule has 1 N–H and O–H groups in total. The van der Waals surface area contributed by atoms with Gasteiger partial charge in [0.1, 0.15) is 5.75 Å². The molecule has 10 heteroatoms. The molecule has 1 amide bonds. The number of anilines is 1. The Kier molecular flexibility index (Phi) is 7.47. The van der Waals surface area contributed by atoms with Crippen LogP contribution in [0.2, 0.25) is 0 Å². The maximum Gasteiger partial charge on any atom is 0.300 e. The van der Waals surface area contributed by atoms with Gasteiger partial charge in [-0.3, -0.25) is 4.79 Å². The van der Waals surface area contributed by atoms with Crippen LogP contribution in [0.3, 0.4) is 0 Å². The van der Waals surface area contributed by atoms with Crippen molar-refractivity contribution in [2.75, 3.05) is 37.7 Å². The Bertz CT molecular complexity index is 1460. The van der Waals surface area contributed by atoms with Gasteiger partial charge >= 0.3 is 0 Å². The van der Waals surface area contributed by atoms with Crippen molar-refractivity contribution in [2.24, 2.45) is 0 Å². The lowest BCUT2D eigenvalue weighted by molar-refractivity contribution is 0.000908. The van der Waals surface area contributed by atoms with Gasteiger partial charge in [-0.05, 0) is 55.3 Å². The Balaban J connectivity index is 1.32. The van der Waals surface area contributed by atoms with Gasteiger partial charge in [-0.1, -0.05) is 24.3 Å². The first-order valence-corrected chi connectivity index (χ1v) is 12.8. The van der Waals surface area contributed by atoms with Crippen molar-refractivity contribution in [3.05, 3.63) is 71.4 Å². The lowest BCUT2D eigenvalue weighted by atomic mass is 10.00. The molecule has 0 spiro atoms. The highest BCUT2D eigenvalue weighted by Crippen LogP contribution is 2.33. The minimum Gasteiger partial charge on any atom is -0.493 e. The van der Waals surface area contributed by atoms with Crippen LogP contribution in [0.25, 0.3) is 22.4 Å². The normalized spacial score (nSPS) is 14.2. The molecule has 3 heterocycles. The molecule has 1 saturated heterocycles. The summed E-state index contributed by atoms with van der Waals surface area (Å²) in [7, 11) is 0. The second-order valence-electron chi connectivity index (χ2n) is 9.78. The number of piperazine rings is 1. The number of hydrogen-bond acceptors (Lipinski definition) is 7. The first-order valence-electron chi connectivity index (χ1n) is 12.8. The molecule has 0 unspecified atom stereocenters. The second-order valence-corrected chi connectivity index (χ2v) is 9.78. The standard InChI is InChI=1S/C29H30F2N4O4/c1-19-3-9-25-26(32-19)33-28(39-25)35-14-12-34(13-15-35)27(37)22-8-10-24(38-16-11-29(2,30)31)23(17-22)21-6-4-20(18-36)5-7-21/h3-10,17,36H,11-16,18H2,1-2H3. The van der Waals surface area contributed by atoms with Crippen LogP contribution in [-0.2, 0) is 6.61 Å². The van der Waals surface area contributed by atoms with Crippen molar-refractivity contribution in [2.45, 2.75) is 32.8 Å². The van der Waals surface area contributed by atoms with Crippen LogP contribution in [-0.4, -0.2) is 64.6 Å². The zero-order valence-corrected chi connectivity index (χ0v) is 21.9. The number of ether oxygens (including phenoxy) is 1. The maximum absolute atomic E-state index is 13.4. The molecule has 0 aliphatic carbocycles. The van der Waals surface area contributed by atoms with Gasteiger partial charge in [-0.2, -0.15) is 4.98 Å². The van der Waals surface area contributed by atoms with Gasteiger partial charge in [-0.25, -0.2) is 13.8 Å². The number of oxazole rings is 1.